The van der Waals surface area contributed by atoms with Crippen molar-refractivity contribution in [2.24, 2.45) is 0 Å². The standard InChI is InChI=1S/C9H7ClO2/c1-5-8-4-6(10)2-3-7(8)9(11)12-5/h2-5H,1H3/t5-/m1/s1. The van der Waals surface area contributed by atoms with Crippen LogP contribution in [0.5, 0.6) is 0 Å². The van der Waals surface area contributed by atoms with Crippen molar-refractivity contribution >= 4 is 17.6 Å². The summed E-state index contributed by atoms with van der Waals surface area (Å²) < 4.78 is 4.99. The fraction of sp³-hybridized carbons (Fsp3) is 0.222. The predicted octanol–water partition coefficient (Wildman–Crippen LogP) is 2.57. The van der Waals surface area contributed by atoms with E-state index in [1.54, 1.807) is 18.2 Å². The van der Waals surface area contributed by atoms with E-state index >= 15 is 0 Å². The highest BCUT2D eigenvalue weighted by Crippen LogP contribution is 2.31. The highest BCUT2D eigenvalue weighted by Gasteiger charge is 2.27. The summed E-state index contributed by atoms with van der Waals surface area (Å²) in [6.07, 6.45) is -0.161. The van der Waals surface area contributed by atoms with Crippen LogP contribution in [0, 0.1) is 0 Å². The average Bonchev–Trinajstić information content (AvgIpc) is 2.28. The molecule has 2 nitrogen and oxygen atoms in total. The molecule has 1 heterocycles. The summed E-state index contributed by atoms with van der Waals surface area (Å²) >= 11 is 5.77. The number of halogens is 1. The average molecular weight is 183 g/mol. The molecule has 1 aromatic carbocycles. The highest BCUT2D eigenvalue weighted by molar-refractivity contribution is 6.30. The predicted molar refractivity (Wildman–Crippen MR) is 45.3 cm³/mol. The number of fused-ring (bicyclic) bond motifs is 1. The first-order valence-electron chi connectivity index (χ1n) is 3.69. The third kappa shape index (κ3) is 0.994. The Bertz CT molecular complexity index is 346. The van der Waals surface area contributed by atoms with E-state index in [0.717, 1.165) is 5.56 Å². The van der Waals surface area contributed by atoms with Gasteiger partial charge in [0.15, 0.2) is 0 Å². The summed E-state index contributed by atoms with van der Waals surface area (Å²) in [5, 5.41) is 0.638. The van der Waals surface area contributed by atoms with Gasteiger partial charge < -0.3 is 4.74 Å². The van der Waals surface area contributed by atoms with Crippen molar-refractivity contribution in [3.05, 3.63) is 34.3 Å². The number of carbonyl (C=O) groups excluding carboxylic acids is 1. The van der Waals surface area contributed by atoms with Gasteiger partial charge in [0.2, 0.25) is 0 Å². The van der Waals surface area contributed by atoms with Crippen molar-refractivity contribution in [2.45, 2.75) is 13.0 Å². The smallest absolute Gasteiger partial charge is 0.339 e. The molecule has 0 bridgehead atoms. The molecule has 1 atom stereocenters. The summed E-state index contributed by atoms with van der Waals surface area (Å²) in [6.45, 7) is 1.83. The van der Waals surface area contributed by atoms with Gasteiger partial charge in [-0.3, -0.25) is 0 Å². The van der Waals surface area contributed by atoms with Crippen molar-refractivity contribution < 1.29 is 9.53 Å². The summed E-state index contributed by atoms with van der Waals surface area (Å²) in [7, 11) is 0. The molecule has 0 aliphatic carbocycles. The van der Waals surface area contributed by atoms with Crippen molar-refractivity contribution in [2.75, 3.05) is 0 Å². The van der Waals surface area contributed by atoms with Crippen LogP contribution in [0.25, 0.3) is 0 Å². The van der Waals surface area contributed by atoms with Gasteiger partial charge >= 0.3 is 5.97 Å². The van der Waals surface area contributed by atoms with Crippen LogP contribution >= 0.6 is 11.6 Å². The number of hydrogen-bond donors (Lipinski definition) is 0. The number of benzene rings is 1. The number of carbonyl (C=O) groups is 1. The van der Waals surface area contributed by atoms with E-state index in [-0.39, 0.29) is 12.1 Å². The maximum absolute atomic E-state index is 11.1. The minimum absolute atomic E-state index is 0.161. The van der Waals surface area contributed by atoms with Gasteiger partial charge in [0.25, 0.3) is 0 Å². The summed E-state index contributed by atoms with van der Waals surface area (Å²) in [6, 6.07) is 5.16. The van der Waals surface area contributed by atoms with E-state index in [4.69, 9.17) is 16.3 Å². The lowest BCUT2D eigenvalue weighted by Crippen LogP contribution is -1.93. The monoisotopic (exact) mass is 182 g/mol. The second-order valence-corrected chi connectivity index (χ2v) is 3.22. The minimum Gasteiger partial charge on any atom is -0.454 e. The number of ether oxygens (including phenoxy) is 1. The first-order valence-corrected chi connectivity index (χ1v) is 4.06. The number of hydrogen-bond acceptors (Lipinski definition) is 2. The molecule has 12 heavy (non-hydrogen) atoms. The Hall–Kier alpha value is -1.02. The molecule has 62 valence electrons. The van der Waals surface area contributed by atoms with E-state index < -0.39 is 0 Å². The molecule has 1 aromatic rings. The molecule has 1 aliphatic heterocycles. The van der Waals surface area contributed by atoms with Crippen molar-refractivity contribution in [1.29, 1.82) is 0 Å². The van der Waals surface area contributed by atoms with E-state index in [1.165, 1.54) is 0 Å². The Morgan fingerprint density at radius 2 is 2.25 bits per heavy atom. The normalized spacial score (nSPS) is 20.5. The van der Waals surface area contributed by atoms with Gasteiger partial charge in [-0.15, -0.1) is 0 Å². The zero-order valence-corrected chi connectivity index (χ0v) is 7.26. The van der Waals surface area contributed by atoms with Crippen LogP contribution < -0.4 is 0 Å². The van der Waals surface area contributed by atoms with Gasteiger partial charge in [0, 0.05) is 10.6 Å². The van der Waals surface area contributed by atoms with E-state index in [2.05, 4.69) is 0 Å². The lowest BCUT2D eigenvalue weighted by Gasteiger charge is -2.01. The molecule has 3 heteroatoms. The number of cyclic esters (lactones) is 1. The molecule has 0 spiro atoms. The fourth-order valence-electron chi connectivity index (χ4n) is 1.34. The van der Waals surface area contributed by atoms with Crippen LogP contribution in [-0.2, 0) is 4.74 Å². The minimum atomic E-state index is -0.255. The zero-order valence-electron chi connectivity index (χ0n) is 6.50. The van der Waals surface area contributed by atoms with Gasteiger partial charge in [-0.1, -0.05) is 11.6 Å². The zero-order chi connectivity index (χ0) is 8.72. The Morgan fingerprint density at radius 3 is 3.00 bits per heavy atom. The molecule has 0 saturated carbocycles. The molecule has 2 rings (SSSR count). The molecule has 0 aromatic heterocycles. The largest absolute Gasteiger partial charge is 0.454 e. The summed E-state index contributed by atoms with van der Waals surface area (Å²) in [5.41, 5.74) is 1.51. The Labute approximate surface area is 75.1 Å². The van der Waals surface area contributed by atoms with Crippen LogP contribution in [0.1, 0.15) is 28.9 Å². The maximum atomic E-state index is 11.1. The van der Waals surface area contributed by atoms with Gasteiger partial charge in [0.1, 0.15) is 6.10 Å². The Morgan fingerprint density at radius 1 is 1.50 bits per heavy atom. The van der Waals surface area contributed by atoms with Crippen LogP contribution in [0.15, 0.2) is 18.2 Å². The molecule has 0 N–H and O–H groups in total. The SMILES string of the molecule is C[C@H]1OC(=O)c2ccc(Cl)cc21. The quantitative estimate of drug-likeness (QED) is 0.577. The second-order valence-electron chi connectivity index (χ2n) is 2.78. The van der Waals surface area contributed by atoms with Crippen LogP contribution in [-0.4, -0.2) is 5.97 Å². The highest BCUT2D eigenvalue weighted by atomic mass is 35.5. The molecule has 0 fully saturated rings. The van der Waals surface area contributed by atoms with Crippen molar-refractivity contribution in [1.82, 2.24) is 0 Å². The third-order valence-corrected chi connectivity index (χ3v) is 2.19. The van der Waals surface area contributed by atoms with E-state index in [0.29, 0.717) is 10.6 Å². The molecule has 0 radical (unpaired) electrons. The molecular weight excluding hydrogens is 176 g/mol. The van der Waals surface area contributed by atoms with Gasteiger partial charge in [-0.2, -0.15) is 0 Å². The first-order chi connectivity index (χ1) is 5.68. The van der Waals surface area contributed by atoms with E-state index in [1.807, 2.05) is 6.92 Å². The van der Waals surface area contributed by atoms with Crippen LogP contribution in [0.2, 0.25) is 5.02 Å². The van der Waals surface area contributed by atoms with Gasteiger partial charge in [0.05, 0.1) is 5.56 Å². The number of rotatable bonds is 0. The maximum Gasteiger partial charge on any atom is 0.339 e. The van der Waals surface area contributed by atoms with Crippen LogP contribution in [0.4, 0.5) is 0 Å². The first kappa shape index (κ1) is 7.62. The molecule has 0 amide bonds. The summed E-state index contributed by atoms with van der Waals surface area (Å²) in [4.78, 5) is 11.1. The second kappa shape index (κ2) is 2.49. The fourth-order valence-corrected chi connectivity index (χ4v) is 1.52. The molecule has 1 aliphatic rings. The third-order valence-electron chi connectivity index (χ3n) is 1.96. The van der Waals surface area contributed by atoms with Crippen LogP contribution in [0.3, 0.4) is 0 Å². The molecular formula is C9H7ClO2. The molecule has 0 unspecified atom stereocenters. The number of esters is 1. The lowest BCUT2D eigenvalue weighted by atomic mass is 10.1. The molecule has 0 saturated heterocycles. The Balaban J connectivity index is 2.60. The van der Waals surface area contributed by atoms with Gasteiger partial charge in [-0.25, -0.2) is 4.79 Å². The van der Waals surface area contributed by atoms with E-state index in [9.17, 15) is 4.79 Å². The van der Waals surface area contributed by atoms with Crippen molar-refractivity contribution in [3.8, 4) is 0 Å². The topological polar surface area (TPSA) is 26.3 Å². The van der Waals surface area contributed by atoms with Crippen molar-refractivity contribution in [3.63, 3.8) is 0 Å². The summed E-state index contributed by atoms with van der Waals surface area (Å²) in [5.74, 6) is -0.255. The van der Waals surface area contributed by atoms with Gasteiger partial charge in [-0.05, 0) is 25.1 Å². The lowest BCUT2D eigenvalue weighted by molar-refractivity contribution is 0.0422. The Kier molecular flexibility index (Phi) is 1.58.